The Labute approximate surface area is 210 Å². The SMILES string of the molecule is CCOc1ncc2cc(C3=Cc4c(nc(CCF)n4C)CC3)c(=O)n(-c3ccc(OC(F)F)cc3)c2n1. The van der Waals surface area contributed by atoms with E-state index in [1.807, 2.05) is 17.7 Å². The highest BCUT2D eigenvalue weighted by Gasteiger charge is 2.23. The lowest BCUT2D eigenvalue weighted by Gasteiger charge is -2.17. The van der Waals surface area contributed by atoms with Gasteiger partial charge in [0.25, 0.3) is 5.56 Å². The quantitative estimate of drug-likeness (QED) is 0.346. The molecular formula is C26H24F3N5O3. The van der Waals surface area contributed by atoms with Crippen molar-refractivity contribution in [3.63, 3.8) is 0 Å². The molecule has 0 N–H and O–H groups in total. The average molecular weight is 512 g/mol. The summed E-state index contributed by atoms with van der Waals surface area (Å²) in [5, 5.41) is 0.598. The smallest absolute Gasteiger partial charge is 0.387 e. The normalized spacial score (nSPS) is 13.1. The number of hydrogen-bond acceptors (Lipinski definition) is 6. The van der Waals surface area contributed by atoms with Gasteiger partial charge in [-0.25, -0.2) is 9.97 Å². The number of halogens is 3. The number of ether oxygens (including phenoxy) is 2. The van der Waals surface area contributed by atoms with E-state index in [2.05, 4.69) is 19.7 Å². The van der Waals surface area contributed by atoms with E-state index in [0.717, 1.165) is 17.0 Å². The number of nitrogens with zero attached hydrogens (tertiary/aromatic N) is 5. The van der Waals surface area contributed by atoms with Crippen molar-refractivity contribution in [2.24, 2.45) is 7.05 Å². The van der Waals surface area contributed by atoms with Crippen LogP contribution in [0.3, 0.4) is 0 Å². The monoisotopic (exact) mass is 511 g/mol. The lowest BCUT2D eigenvalue weighted by atomic mass is 9.94. The summed E-state index contributed by atoms with van der Waals surface area (Å²) in [6.45, 7) is -1.31. The highest BCUT2D eigenvalue weighted by molar-refractivity contribution is 5.88. The van der Waals surface area contributed by atoms with E-state index in [0.29, 0.717) is 47.6 Å². The maximum absolute atomic E-state index is 13.9. The molecule has 0 saturated heterocycles. The third-order valence-corrected chi connectivity index (χ3v) is 6.23. The lowest BCUT2D eigenvalue weighted by Crippen LogP contribution is -2.24. The van der Waals surface area contributed by atoms with Crippen LogP contribution in [-0.2, 0) is 19.9 Å². The van der Waals surface area contributed by atoms with Crippen LogP contribution < -0.4 is 15.0 Å². The Balaban J connectivity index is 1.68. The average Bonchev–Trinajstić information content (AvgIpc) is 3.19. The van der Waals surface area contributed by atoms with Crippen LogP contribution in [0.15, 0.2) is 41.3 Å². The second-order valence-corrected chi connectivity index (χ2v) is 8.46. The summed E-state index contributed by atoms with van der Waals surface area (Å²) < 4.78 is 51.4. The topological polar surface area (TPSA) is 84.1 Å². The molecule has 0 saturated carbocycles. The van der Waals surface area contributed by atoms with Crippen molar-refractivity contribution in [3.8, 4) is 17.4 Å². The predicted molar refractivity (Wildman–Crippen MR) is 132 cm³/mol. The molecule has 5 rings (SSSR count). The molecule has 3 aromatic heterocycles. The molecule has 0 spiro atoms. The number of rotatable bonds is 8. The maximum Gasteiger partial charge on any atom is 0.387 e. The highest BCUT2D eigenvalue weighted by Crippen LogP contribution is 2.31. The standard InChI is InChI=1S/C26H24F3N5O3/c1-3-36-26-30-14-16-12-19(15-4-9-20-21(13-15)33(2)22(31-20)10-11-27)24(35)34(23(16)32-26)17-5-7-18(8-6-17)37-25(28)29/h5-8,12-14,25H,3-4,9-11H2,1-2H3. The van der Waals surface area contributed by atoms with Gasteiger partial charge in [-0.15, -0.1) is 0 Å². The van der Waals surface area contributed by atoms with E-state index in [1.165, 1.54) is 28.8 Å². The molecular weight excluding hydrogens is 487 g/mol. The second kappa shape index (κ2) is 10.1. The zero-order chi connectivity index (χ0) is 26.1. The fraction of sp³-hybridized carbons (Fsp3) is 0.308. The van der Waals surface area contributed by atoms with E-state index in [9.17, 15) is 18.0 Å². The van der Waals surface area contributed by atoms with Gasteiger partial charge in [-0.05, 0) is 61.7 Å². The van der Waals surface area contributed by atoms with Crippen molar-refractivity contribution in [2.75, 3.05) is 13.3 Å². The van der Waals surface area contributed by atoms with E-state index < -0.39 is 13.3 Å². The Morgan fingerprint density at radius 2 is 1.92 bits per heavy atom. The third kappa shape index (κ3) is 4.68. The molecule has 0 fully saturated rings. The van der Waals surface area contributed by atoms with Gasteiger partial charge in [0.1, 0.15) is 11.6 Å². The number of alkyl halides is 3. The number of benzene rings is 1. The lowest BCUT2D eigenvalue weighted by molar-refractivity contribution is -0.0498. The largest absolute Gasteiger partial charge is 0.464 e. The van der Waals surface area contributed by atoms with Crippen LogP contribution in [0.25, 0.3) is 28.4 Å². The molecule has 1 aliphatic carbocycles. The van der Waals surface area contributed by atoms with Crippen LogP contribution in [0.1, 0.15) is 36.1 Å². The van der Waals surface area contributed by atoms with Crippen LogP contribution in [-0.4, -0.2) is 44.0 Å². The molecule has 0 aliphatic heterocycles. The van der Waals surface area contributed by atoms with E-state index in [-0.39, 0.29) is 23.7 Å². The van der Waals surface area contributed by atoms with Crippen LogP contribution in [0.2, 0.25) is 0 Å². The first kappa shape index (κ1) is 24.5. The van der Waals surface area contributed by atoms with Crippen molar-refractivity contribution in [2.45, 2.75) is 32.8 Å². The van der Waals surface area contributed by atoms with Gasteiger partial charge < -0.3 is 14.0 Å². The van der Waals surface area contributed by atoms with E-state index >= 15 is 0 Å². The molecule has 0 unspecified atom stereocenters. The highest BCUT2D eigenvalue weighted by atomic mass is 19.3. The summed E-state index contributed by atoms with van der Waals surface area (Å²) in [7, 11) is 1.83. The molecule has 1 aliphatic rings. The maximum atomic E-state index is 13.9. The summed E-state index contributed by atoms with van der Waals surface area (Å²) in [6, 6.07) is 7.63. The van der Waals surface area contributed by atoms with Gasteiger partial charge in [0, 0.05) is 30.6 Å². The molecule has 0 radical (unpaired) electrons. The van der Waals surface area contributed by atoms with Crippen molar-refractivity contribution >= 4 is 22.7 Å². The Kier molecular flexibility index (Phi) is 6.68. The Morgan fingerprint density at radius 3 is 2.62 bits per heavy atom. The molecule has 0 atom stereocenters. The Hall–Kier alpha value is -4.15. The number of aryl methyl sites for hydroxylation is 2. The molecule has 1 aromatic carbocycles. The van der Waals surface area contributed by atoms with Gasteiger partial charge in [-0.2, -0.15) is 13.8 Å². The van der Waals surface area contributed by atoms with Crippen molar-refractivity contribution in [1.82, 2.24) is 24.1 Å². The molecule has 11 heteroatoms. The zero-order valence-electron chi connectivity index (χ0n) is 20.2. The van der Waals surface area contributed by atoms with Gasteiger partial charge in [0.05, 0.1) is 30.4 Å². The molecule has 0 bridgehead atoms. The van der Waals surface area contributed by atoms with E-state index in [4.69, 9.17) is 4.74 Å². The number of allylic oxidation sites excluding steroid dienone is 1. The van der Waals surface area contributed by atoms with E-state index in [1.54, 1.807) is 19.2 Å². The second-order valence-electron chi connectivity index (χ2n) is 8.46. The van der Waals surface area contributed by atoms with Gasteiger partial charge in [0.2, 0.25) is 0 Å². The molecule has 8 nitrogen and oxygen atoms in total. The Morgan fingerprint density at radius 1 is 1.14 bits per heavy atom. The van der Waals surface area contributed by atoms with Crippen LogP contribution in [0.4, 0.5) is 13.2 Å². The number of fused-ring (bicyclic) bond motifs is 2. The first-order valence-corrected chi connectivity index (χ1v) is 11.8. The molecule has 37 heavy (non-hydrogen) atoms. The summed E-state index contributed by atoms with van der Waals surface area (Å²) in [5.41, 5.74) is 3.36. The van der Waals surface area contributed by atoms with Crippen LogP contribution in [0.5, 0.6) is 11.8 Å². The number of imidazole rings is 1. The summed E-state index contributed by atoms with van der Waals surface area (Å²) >= 11 is 0. The van der Waals surface area contributed by atoms with Crippen molar-refractivity contribution in [1.29, 1.82) is 0 Å². The van der Waals surface area contributed by atoms with Gasteiger partial charge in [-0.1, -0.05) is 0 Å². The molecule has 0 amide bonds. The minimum Gasteiger partial charge on any atom is -0.464 e. The van der Waals surface area contributed by atoms with Crippen LogP contribution in [0, 0.1) is 0 Å². The first-order valence-electron chi connectivity index (χ1n) is 11.8. The minimum absolute atomic E-state index is 0.0281. The fourth-order valence-electron chi connectivity index (χ4n) is 4.52. The zero-order valence-corrected chi connectivity index (χ0v) is 20.2. The summed E-state index contributed by atoms with van der Waals surface area (Å²) in [4.78, 5) is 27.2. The fourth-order valence-corrected chi connectivity index (χ4v) is 4.52. The molecule has 3 heterocycles. The van der Waals surface area contributed by atoms with Gasteiger partial charge in [0.15, 0.2) is 5.65 Å². The summed E-state index contributed by atoms with van der Waals surface area (Å²) in [5.74, 6) is 0.628. The van der Waals surface area contributed by atoms with Crippen molar-refractivity contribution < 1.29 is 22.6 Å². The number of pyridine rings is 1. The summed E-state index contributed by atoms with van der Waals surface area (Å²) in [6.07, 6.45) is 4.89. The first-order chi connectivity index (χ1) is 17.9. The van der Waals surface area contributed by atoms with Crippen LogP contribution >= 0.6 is 0 Å². The van der Waals surface area contributed by atoms with Crippen molar-refractivity contribution in [3.05, 3.63) is 69.7 Å². The number of hydrogen-bond donors (Lipinski definition) is 0. The number of aromatic nitrogens is 5. The third-order valence-electron chi connectivity index (χ3n) is 6.23. The Bertz CT molecular complexity index is 1540. The van der Waals surface area contributed by atoms with Gasteiger partial charge >= 0.3 is 12.6 Å². The minimum atomic E-state index is -2.96. The predicted octanol–water partition coefficient (Wildman–Crippen LogP) is 4.51. The molecule has 4 aromatic rings. The van der Waals surface area contributed by atoms with Gasteiger partial charge in [-0.3, -0.25) is 13.8 Å². The molecule has 192 valence electrons.